The molecule has 0 fully saturated rings. The largest absolute Gasteiger partial charge is 0.493 e. The van der Waals surface area contributed by atoms with Crippen LogP contribution in [0.3, 0.4) is 0 Å². The zero-order valence-electron chi connectivity index (χ0n) is 15.3. The number of esters is 1. The first-order chi connectivity index (χ1) is 13.2. The number of ether oxygens (including phenoxy) is 3. The van der Waals surface area contributed by atoms with Crippen molar-refractivity contribution in [3.63, 3.8) is 0 Å². The van der Waals surface area contributed by atoms with Crippen molar-refractivity contribution in [1.29, 1.82) is 0 Å². The summed E-state index contributed by atoms with van der Waals surface area (Å²) in [7, 11) is 1.38. The van der Waals surface area contributed by atoms with Crippen LogP contribution >= 0.6 is 11.6 Å². The van der Waals surface area contributed by atoms with E-state index in [4.69, 9.17) is 25.8 Å². The lowest BCUT2D eigenvalue weighted by Crippen LogP contribution is -2.22. The molecule has 2 rings (SSSR count). The first-order valence-corrected chi connectivity index (χ1v) is 8.56. The molecule has 0 aliphatic heterocycles. The molecule has 0 saturated carbocycles. The second kappa shape index (κ2) is 9.36. The molecule has 1 N–H and O–H groups in total. The molecule has 0 heterocycles. The van der Waals surface area contributed by atoms with Gasteiger partial charge in [-0.1, -0.05) is 17.7 Å². The lowest BCUT2D eigenvalue weighted by Gasteiger charge is -2.16. The van der Waals surface area contributed by atoms with Crippen molar-refractivity contribution in [3.05, 3.63) is 52.6 Å². The summed E-state index contributed by atoms with van der Waals surface area (Å²) in [5.41, 5.74) is -0.605. The van der Waals surface area contributed by atoms with E-state index in [1.165, 1.54) is 19.2 Å². The fourth-order valence-corrected chi connectivity index (χ4v) is 2.45. The number of carbonyl (C=O) groups excluding carboxylic acids is 2. The number of amides is 1. The monoisotopic (exact) mass is 413 g/mol. The Balaban J connectivity index is 2.06. The third-order valence-electron chi connectivity index (χ3n) is 3.38. The van der Waals surface area contributed by atoms with Gasteiger partial charge in [0.05, 0.1) is 23.8 Å². The van der Waals surface area contributed by atoms with E-state index in [1.54, 1.807) is 13.8 Å². The highest BCUT2D eigenvalue weighted by Gasteiger charge is 2.19. The first-order valence-electron chi connectivity index (χ1n) is 8.18. The van der Waals surface area contributed by atoms with Gasteiger partial charge in [0, 0.05) is 0 Å². The molecule has 6 nitrogen and oxygen atoms in total. The molecular formula is C19H18ClF2NO5. The van der Waals surface area contributed by atoms with Crippen LogP contribution in [0, 0.1) is 11.6 Å². The van der Waals surface area contributed by atoms with Gasteiger partial charge in [-0.3, -0.25) is 4.79 Å². The molecule has 2 aromatic rings. The first kappa shape index (κ1) is 21.4. The van der Waals surface area contributed by atoms with Crippen LogP contribution < -0.4 is 14.8 Å². The number of carbonyl (C=O) groups is 2. The van der Waals surface area contributed by atoms with Gasteiger partial charge >= 0.3 is 5.97 Å². The van der Waals surface area contributed by atoms with Gasteiger partial charge in [-0.05, 0) is 38.1 Å². The number of hydrogen-bond acceptors (Lipinski definition) is 5. The van der Waals surface area contributed by atoms with Gasteiger partial charge in [0.2, 0.25) is 0 Å². The number of benzene rings is 2. The van der Waals surface area contributed by atoms with Crippen LogP contribution in [0.5, 0.6) is 11.5 Å². The predicted molar refractivity (Wildman–Crippen MR) is 99.0 cm³/mol. The quantitative estimate of drug-likeness (QED) is 0.688. The standard InChI is InChI=1S/C19H18ClF2NO5/c1-10(2)28-18-12(20)7-11(8-15(18)26-3)19(25)27-9-16(24)23-17-13(21)5-4-6-14(17)22/h4-8,10H,9H2,1-3H3,(H,23,24). The minimum Gasteiger partial charge on any atom is -0.493 e. The summed E-state index contributed by atoms with van der Waals surface area (Å²) in [5.74, 6) is -3.20. The average molecular weight is 414 g/mol. The Morgan fingerprint density at radius 2 is 1.82 bits per heavy atom. The summed E-state index contributed by atoms with van der Waals surface area (Å²) >= 11 is 6.13. The Hall–Kier alpha value is -2.87. The van der Waals surface area contributed by atoms with Crippen LogP contribution in [0.1, 0.15) is 24.2 Å². The van der Waals surface area contributed by atoms with Crippen LogP contribution in [-0.2, 0) is 9.53 Å². The summed E-state index contributed by atoms with van der Waals surface area (Å²) in [6.07, 6.45) is -0.174. The van der Waals surface area contributed by atoms with Gasteiger partial charge in [-0.2, -0.15) is 0 Å². The highest BCUT2D eigenvalue weighted by Crippen LogP contribution is 2.37. The van der Waals surface area contributed by atoms with Gasteiger partial charge in [0.25, 0.3) is 5.91 Å². The molecule has 2 aromatic carbocycles. The van der Waals surface area contributed by atoms with Crippen LogP contribution in [0.2, 0.25) is 5.02 Å². The van der Waals surface area contributed by atoms with E-state index in [0.29, 0.717) is 0 Å². The van der Waals surface area contributed by atoms with E-state index in [0.717, 1.165) is 18.2 Å². The van der Waals surface area contributed by atoms with Crippen molar-refractivity contribution in [3.8, 4) is 11.5 Å². The highest BCUT2D eigenvalue weighted by molar-refractivity contribution is 6.32. The maximum atomic E-state index is 13.5. The van der Waals surface area contributed by atoms with Crippen LogP contribution in [-0.4, -0.2) is 31.7 Å². The average Bonchev–Trinajstić information content (AvgIpc) is 2.64. The number of nitrogens with one attached hydrogen (secondary N) is 1. The topological polar surface area (TPSA) is 73.9 Å². The summed E-state index contributed by atoms with van der Waals surface area (Å²) in [6.45, 7) is 2.85. The zero-order chi connectivity index (χ0) is 20.8. The van der Waals surface area contributed by atoms with Gasteiger partial charge in [0.1, 0.15) is 17.3 Å². The van der Waals surface area contributed by atoms with Gasteiger partial charge in [0.15, 0.2) is 18.1 Å². The number of para-hydroxylation sites is 1. The van der Waals surface area contributed by atoms with E-state index >= 15 is 0 Å². The van der Waals surface area contributed by atoms with E-state index in [2.05, 4.69) is 0 Å². The summed E-state index contributed by atoms with van der Waals surface area (Å²) in [4.78, 5) is 24.0. The molecule has 0 unspecified atom stereocenters. The van der Waals surface area contributed by atoms with Crippen LogP contribution in [0.15, 0.2) is 30.3 Å². The maximum absolute atomic E-state index is 13.5. The molecule has 0 bridgehead atoms. The zero-order valence-corrected chi connectivity index (χ0v) is 16.1. The lowest BCUT2D eigenvalue weighted by molar-refractivity contribution is -0.119. The number of methoxy groups -OCH3 is 1. The smallest absolute Gasteiger partial charge is 0.338 e. The molecule has 0 spiro atoms. The normalized spacial score (nSPS) is 10.5. The molecule has 0 radical (unpaired) electrons. The van der Waals surface area contributed by atoms with Crippen LogP contribution in [0.4, 0.5) is 14.5 Å². The molecule has 0 aromatic heterocycles. The minimum absolute atomic E-state index is 0.0165. The summed E-state index contributed by atoms with van der Waals surface area (Å²) < 4.78 is 42.6. The van der Waals surface area contributed by atoms with Crippen molar-refractivity contribution in [2.45, 2.75) is 20.0 Å². The lowest BCUT2D eigenvalue weighted by atomic mass is 10.2. The third-order valence-corrected chi connectivity index (χ3v) is 3.66. The van der Waals surface area contributed by atoms with E-state index in [-0.39, 0.29) is 28.2 Å². The molecular weight excluding hydrogens is 396 g/mol. The Morgan fingerprint density at radius 1 is 1.18 bits per heavy atom. The number of hydrogen-bond donors (Lipinski definition) is 1. The second-order valence-electron chi connectivity index (χ2n) is 5.88. The minimum atomic E-state index is -0.947. The molecule has 0 saturated heterocycles. The third kappa shape index (κ3) is 5.32. The Kier molecular flexibility index (Phi) is 7.17. The highest BCUT2D eigenvalue weighted by atomic mass is 35.5. The van der Waals surface area contributed by atoms with Crippen LogP contribution in [0.25, 0.3) is 0 Å². The summed E-state index contributed by atoms with van der Waals surface area (Å²) in [6, 6.07) is 5.78. The van der Waals surface area contributed by atoms with E-state index < -0.39 is 35.8 Å². The predicted octanol–water partition coefficient (Wildman–Crippen LogP) is 4.21. The van der Waals surface area contributed by atoms with Gasteiger partial charge < -0.3 is 19.5 Å². The summed E-state index contributed by atoms with van der Waals surface area (Å²) in [5, 5.41) is 2.14. The van der Waals surface area contributed by atoms with E-state index in [1.807, 2.05) is 5.32 Å². The Labute approximate surface area is 165 Å². The van der Waals surface area contributed by atoms with Crippen molar-refractivity contribution in [2.75, 3.05) is 19.0 Å². The van der Waals surface area contributed by atoms with Gasteiger partial charge in [-0.15, -0.1) is 0 Å². The van der Waals surface area contributed by atoms with Crippen molar-refractivity contribution in [2.24, 2.45) is 0 Å². The Bertz CT molecular complexity index is 869. The molecule has 0 atom stereocenters. The SMILES string of the molecule is COc1cc(C(=O)OCC(=O)Nc2c(F)cccc2F)cc(Cl)c1OC(C)C. The maximum Gasteiger partial charge on any atom is 0.338 e. The Morgan fingerprint density at radius 3 is 2.39 bits per heavy atom. The molecule has 150 valence electrons. The molecule has 0 aliphatic carbocycles. The molecule has 9 heteroatoms. The van der Waals surface area contributed by atoms with E-state index in [9.17, 15) is 18.4 Å². The number of rotatable bonds is 7. The number of anilines is 1. The number of halogens is 3. The van der Waals surface area contributed by atoms with Crippen molar-refractivity contribution in [1.82, 2.24) is 0 Å². The fourth-order valence-electron chi connectivity index (χ4n) is 2.19. The van der Waals surface area contributed by atoms with Crippen molar-refractivity contribution < 1.29 is 32.6 Å². The second-order valence-corrected chi connectivity index (χ2v) is 6.28. The van der Waals surface area contributed by atoms with Gasteiger partial charge in [-0.25, -0.2) is 13.6 Å². The molecule has 28 heavy (non-hydrogen) atoms. The fraction of sp³-hybridized carbons (Fsp3) is 0.263. The molecule has 0 aliphatic rings. The van der Waals surface area contributed by atoms with Crippen molar-refractivity contribution >= 4 is 29.2 Å². The molecule has 1 amide bonds.